The van der Waals surface area contributed by atoms with Gasteiger partial charge in [0.05, 0.1) is 40.4 Å². The van der Waals surface area contributed by atoms with Crippen LogP contribution in [0.25, 0.3) is 20.7 Å². The molecule has 1 saturated carbocycles. The fraction of sp³-hybridized carbons (Fsp3) is 0.324. The second-order valence-corrected chi connectivity index (χ2v) is 16.2. The summed E-state index contributed by atoms with van der Waals surface area (Å²) in [5, 5.41) is 17.2. The number of phenols is 1. The highest BCUT2D eigenvalue weighted by Crippen LogP contribution is 2.63. The maximum Gasteiger partial charge on any atom is 0.347 e. The van der Waals surface area contributed by atoms with Gasteiger partial charge in [0.15, 0.2) is 11.5 Å². The first-order valence-corrected chi connectivity index (χ1v) is 18.4. The summed E-state index contributed by atoms with van der Waals surface area (Å²) >= 11 is 15.0. The van der Waals surface area contributed by atoms with Gasteiger partial charge in [0.1, 0.15) is 11.5 Å². The van der Waals surface area contributed by atoms with Crippen LogP contribution in [0.5, 0.6) is 11.5 Å². The average Bonchev–Trinajstić information content (AvgIpc) is 3.75. The van der Waals surface area contributed by atoms with Gasteiger partial charge in [-0.15, -0.1) is 11.3 Å². The number of fused-ring (bicyclic) bond motifs is 5. The molecule has 12 nitrogen and oxygen atoms in total. The zero-order valence-corrected chi connectivity index (χ0v) is 32.1. The van der Waals surface area contributed by atoms with Crippen molar-refractivity contribution in [2.75, 3.05) is 12.0 Å². The van der Waals surface area contributed by atoms with Gasteiger partial charge in [-0.2, -0.15) is 5.10 Å². The molecule has 2 aliphatic heterocycles. The Balaban J connectivity index is 1.32. The Kier molecular flexibility index (Phi) is 7.51. The summed E-state index contributed by atoms with van der Waals surface area (Å²) in [4.78, 5) is 58.5. The lowest BCUT2D eigenvalue weighted by Crippen LogP contribution is -2.49. The highest BCUT2D eigenvalue weighted by molar-refractivity contribution is 9.13. The zero-order chi connectivity index (χ0) is 35.7. The Labute approximate surface area is 310 Å². The van der Waals surface area contributed by atoms with Crippen LogP contribution >= 0.6 is 54.8 Å². The average molecular weight is 845 g/mol. The van der Waals surface area contributed by atoms with E-state index >= 15 is 4.79 Å². The predicted molar refractivity (Wildman–Crippen MR) is 196 cm³/mol. The molecule has 258 valence electrons. The first-order valence-electron chi connectivity index (χ1n) is 15.6. The molecule has 5 aromatic rings. The molecule has 0 radical (unpaired) electrons. The van der Waals surface area contributed by atoms with E-state index in [1.165, 1.54) is 28.4 Å². The molecule has 16 heteroatoms. The molecule has 8 rings (SSSR count). The van der Waals surface area contributed by atoms with Gasteiger partial charge in [0, 0.05) is 40.3 Å². The van der Waals surface area contributed by atoms with Gasteiger partial charge in [0.25, 0.3) is 0 Å². The minimum atomic E-state index is -1.35. The number of hydrogen-bond acceptors (Lipinski definition) is 8. The van der Waals surface area contributed by atoms with Crippen LogP contribution in [-0.4, -0.2) is 47.7 Å². The van der Waals surface area contributed by atoms with E-state index in [4.69, 9.17) is 21.4 Å². The number of phenolic OH excluding ortho intramolecular Hbond substituents is 1. The van der Waals surface area contributed by atoms with Crippen LogP contribution in [0.2, 0.25) is 5.02 Å². The Hall–Kier alpha value is -3.92. The molecule has 50 heavy (non-hydrogen) atoms. The molecule has 2 aromatic carbocycles. The summed E-state index contributed by atoms with van der Waals surface area (Å²) in [6.07, 6.45) is 1.98. The standard InChI is InChI=1S/C34H29Br2ClN6O6S/c1-14-17-10-15(37)6-7-23(17)50-29(14)20-13-24(40(4)38-20)42-30(45)19-12-21-16(8-9-41-32(47)39(3)33(48)43(21)41)25(34(19,2)31(42)46)18-11-22(49-5)28(44)27(36)26(18)35/h6-8,10-11,13,19,21,25,44H,9,12H2,1-5H3. The van der Waals surface area contributed by atoms with Crippen molar-refractivity contribution in [1.29, 1.82) is 0 Å². The molecule has 4 unspecified atom stereocenters. The van der Waals surface area contributed by atoms with E-state index < -0.39 is 46.5 Å². The lowest BCUT2D eigenvalue weighted by atomic mass is 9.56. The number of amides is 2. The Morgan fingerprint density at radius 1 is 1.08 bits per heavy atom. The van der Waals surface area contributed by atoms with Crippen molar-refractivity contribution in [3.05, 3.63) is 88.0 Å². The van der Waals surface area contributed by atoms with E-state index in [-0.39, 0.29) is 24.5 Å². The summed E-state index contributed by atoms with van der Waals surface area (Å²) in [7, 11) is 4.54. The summed E-state index contributed by atoms with van der Waals surface area (Å²) < 4.78 is 12.7. The normalized spacial score (nSPS) is 22.9. The molecule has 5 heterocycles. The van der Waals surface area contributed by atoms with Crippen molar-refractivity contribution >= 4 is 82.5 Å². The quantitative estimate of drug-likeness (QED) is 0.173. The van der Waals surface area contributed by atoms with Gasteiger partial charge < -0.3 is 9.84 Å². The third kappa shape index (κ3) is 4.29. The molecule has 1 aliphatic carbocycles. The number of aromatic hydroxyl groups is 1. The first kappa shape index (κ1) is 33.2. The van der Waals surface area contributed by atoms with Crippen molar-refractivity contribution in [1.82, 2.24) is 23.7 Å². The number of aromatic nitrogens is 5. The molecule has 0 bridgehead atoms. The number of benzene rings is 2. The monoisotopic (exact) mass is 842 g/mol. The van der Waals surface area contributed by atoms with Gasteiger partial charge in [0.2, 0.25) is 11.8 Å². The number of hydrogen-bond donors (Lipinski definition) is 1. The number of allylic oxidation sites excluding steroid dienone is 2. The Morgan fingerprint density at radius 2 is 1.82 bits per heavy atom. The summed E-state index contributed by atoms with van der Waals surface area (Å²) in [5.41, 5.74) is 0.556. The van der Waals surface area contributed by atoms with Gasteiger partial charge in [-0.25, -0.2) is 28.4 Å². The van der Waals surface area contributed by atoms with E-state index in [1.54, 1.807) is 42.1 Å². The third-order valence-electron chi connectivity index (χ3n) is 10.6. The number of ether oxygens (including phenoxy) is 1. The number of rotatable bonds is 4. The number of anilines is 1. The SMILES string of the molecule is COc1cc(C2C3=CCn4c(=O)n(C)c(=O)n4C3CC3C(=O)N(c4cc(-c5sc6ccc(Cl)cc6c5C)nn4C)C(=O)C32C)c(Br)c(Br)c1O. The second-order valence-electron chi connectivity index (χ2n) is 13.1. The maximum absolute atomic E-state index is 15.1. The van der Waals surface area contributed by atoms with Crippen LogP contribution in [-0.2, 0) is 30.2 Å². The molecular weight excluding hydrogens is 816 g/mol. The largest absolute Gasteiger partial charge is 0.503 e. The van der Waals surface area contributed by atoms with E-state index in [0.29, 0.717) is 36.6 Å². The highest BCUT2D eigenvalue weighted by atomic mass is 79.9. The minimum Gasteiger partial charge on any atom is -0.503 e. The third-order valence-corrected chi connectivity index (χ3v) is 14.3. The highest BCUT2D eigenvalue weighted by Gasteiger charge is 2.66. The molecule has 2 amide bonds. The number of methoxy groups -OCH3 is 1. The fourth-order valence-corrected chi connectivity index (χ4v) is 10.4. The fourth-order valence-electron chi connectivity index (χ4n) is 8.14. The molecule has 2 fully saturated rings. The lowest BCUT2D eigenvalue weighted by molar-refractivity contribution is -0.129. The molecule has 1 saturated heterocycles. The second kappa shape index (κ2) is 11.3. The minimum absolute atomic E-state index is 0.0999. The Bertz CT molecular complexity index is 2510. The number of thiophene rings is 1. The molecular formula is C34H29Br2ClN6O6S. The van der Waals surface area contributed by atoms with Crippen molar-refractivity contribution in [2.24, 2.45) is 25.4 Å². The van der Waals surface area contributed by atoms with Gasteiger partial charge >= 0.3 is 11.4 Å². The van der Waals surface area contributed by atoms with E-state index in [9.17, 15) is 19.5 Å². The maximum atomic E-state index is 15.1. The molecule has 3 aliphatic rings. The molecule has 4 atom stereocenters. The van der Waals surface area contributed by atoms with Crippen LogP contribution in [0.15, 0.2) is 60.5 Å². The zero-order valence-electron chi connectivity index (χ0n) is 27.3. The molecule has 1 N–H and O–H groups in total. The topological polar surface area (TPSA) is 134 Å². The van der Waals surface area contributed by atoms with Gasteiger partial charge in [-0.05, 0) is 98.5 Å². The number of nitrogens with zero attached hydrogens (tertiary/aromatic N) is 6. The van der Waals surface area contributed by atoms with E-state index in [1.807, 2.05) is 31.2 Å². The van der Waals surface area contributed by atoms with Crippen molar-refractivity contribution in [3.8, 4) is 22.1 Å². The predicted octanol–water partition coefficient (Wildman–Crippen LogP) is 6.03. The van der Waals surface area contributed by atoms with Crippen molar-refractivity contribution in [3.63, 3.8) is 0 Å². The number of imide groups is 1. The number of aryl methyl sites for hydroxylation is 2. The molecule has 0 spiro atoms. The first-order chi connectivity index (χ1) is 23.7. The summed E-state index contributed by atoms with van der Waals surface area (Å²) in [5.74, 6) is -2.19. The van der Waals surface area contributed by atoms with E-state index in [0.717, 1.165) is 25.1 Å². The van der Waals surface area contributed by atoms with Crippen LogP contribution < -0.4 is 21.0 Å². The van der Waals surface area contributed by atoms with E-state index in [2.05, 4.69) is 31.9 Å². The van der Waals surface area contributed by atoms with Crippen molar-refractivity contribution < 1.29 is 19.4 Å². The van der Waals surface area contributed by atoms with Crippen LogP contribution in [0.3, 0.4) is 0 Å². The van der Waals surface area contributed by atoms with Crippen LogP contribution in [0.4, 0.5) is 5.82 Å². The molecule has 3 aromatic heterocycles. The Morgan fingerprint density at radius 3 is 2.54 bits per heavy atom. The summed E-state index contributed by atoms with van der Waals surface area (Å²) in [6, 6.07) is 8.41. The smallest absolute Gasteiger partial charge is 0.347 e. The van der Waals surface area contributed by atoms with Gasteiger partial charge in [-0.1, -0.05) is 17.7 Å². The number of carbonyl (C=O) groups is 2. The lowest BCUT2D eigenvalue weighted by Gasteiger charge is -2.47. The van der Waals surface area contributed by atoms with Crippen LogP contribution in [0.1, 0.15) is 36.4 Å². The van der Waals surface area contributed by atoms with Gasteiger partial charge in [-0.3, -0.25) is 14.3 Å². The summed E-state index contributed by atoms with van der Waals surface area (Å²) in [6.45, 7) is 3.88. The van der Waals surface area contributed by atoms with Crippen LogP contribution in [0, 0.1) is 18.3 Å². The number of carbonyl (C=O) groups excluding carboxylic acids is 2. The van der Waals surface area contributed by atoms with Crippen molar-refractivity contribution in [2.45, 2.75) is 38.8 Å². The number of halogens is 3.